The molecule has 0 radical (unpaired) electrons. The molecule has 2 aromatic rings. The highest BCUT2D eigenvalue weighted by Gasteiger charge is 2.33. The summed E-state index contributed by atoms with van der Waals surface area (Å²) in [5.41, 5.74) is -1.87. The van der Waals surface area contributed by atoms with Crippen molar-refractivity contribution in [2.24, 2.45) is 0 Å². The van der Waals surface area contributed by atoms with Gasteiger partial charge in [-0.2, -0.15) is 13.2 Å². The lowest BCUT2D eigenvalue weighted by atomic mass is 10.1. The molecule has 0 aliphatic carbocycles. The number of amides is 1. The number of hydrogen-bond acceptors (Lipinski definition) is 5. The van der Waals surface area contributed by atoms with Crippen LogP contribution in [0.4, 0.5) is 24.5 Å². The van der Waals surface area contributed by atoms with Crippen molar-refractivity contribution in [3.05, 3.63) is 46.1 Å². The molecule has 128 valence electrons. The number of ether oxygens (including phenoxy) is 1. The van der Waals surface area contributed by atoms with Gasteiger partial charge < -0.3 is 10.1 Å². The summed E-state index contributed by atoms with van der Waals surface area (Å²) in [5.74, 6) is -1.13. The molecule has 0 saturated heterocycles. The van der Waals surface area contributed by atoms with Gasteiger partial charge in [0.25, 0.3) is 0 Å². The zero-order chi connectivity index (χ0) is 17.9. The Morgan fingerprint density at radius 3 is 2.62 bits per heavy atom. The van der Waals surface area contributed by atoms with Gasteiger partial charge >= 0.3 is 17.7 Å². The van der Waals surface area contributed by atoms with E-state index < -0.39 is 40.5 Å². The summed E-state index contributed by atoms with van der Waals surface area (Å²) in [6.07, 6.45) is -3.67. The number of nitro groups is 1. The summed E-state index contributed by atoms with van der Waals surface area (Å²) in [7, 11) is 1.17. The van der Waals surface area contributed by atoms with Crippen LogP contribution in [0.5, 0.6) is 5.88 Å². The van der Waals surface area contributed by atoms with Crippen molar-refractivity contribution in [1.29, 1.82) is 0 Å². The van der Waals surface area contributed by atoms with E-state index in [2.05, 4.69) is 10.4 Å². The number of carbonyl (C=O) groups is 1. The largest absolute Gasteiger partial charge is 0.475 e. The number of nitrogens with zero attached hydrogens (tertiary/aromatic N) is 3. The third-order valence-electron chi connectivity index (χ3n) is 2.91. The SMILES string of the molecule is COc1nn(CC(=O)Nc2ccccc2C(F)(F)F)cc1[N+](=O)[O-]. The molecule has 0 aliphatic heterocycles. The Bertz CT molecular complexity index is 773. The lowest BCUT2D eigenvalue weighted by molar-refractivity contribution is -0.385. The number of halogens is 3. The average Bonchev–Trinajstić information content (AvgIpc) is 2.89. The zero-order valence-corrected chi connectivity index (χ0v) is 12.2. The number of alkyl halides is 3. The Balaban J connectivity index is 2.17. The minimum Gasteiger partial charge on any atom is -0.475 e. The Morgan fingerprint density at radius 1 is 1.42 bits per heavy atom. The van der Waals surface area contributed by atoms with Crippen molar-refractivity contribution in [2.75, 3.05) is 12.4 Å². The van der Waals surface area contributed by atoms with E-state index in [9.17, 15) is 28.1 Å². The van der Waals surface area contributed by atoms with Crippen LogP contribution < -0.4 is 10.1 Å². The number of anilines is 1. The van der Waals surface area contributed by atoms with Crippen LogP contribution in [-0.2, 0) is 17.5 Å². The Hall–Kier alpha value is -3.11. The first-order valence-corrected chi connectivity index (χ1v) is 6.44. The lowest BCUT2D eigenvalue weighted by Gasteiger charge is -2.13. The number of para-hydroxylation sites is 1. The van der Waals surface area contributed by atoms with Gasteiger partial charge in [0.15, 0.2) is 0 Å². The molecular formula is C13H11F3N4O4. The summed E-state index contributed by atoms with van der Waals surface area (Å²) in [6, 6.07) is 4.47. The number of aromatic nitrogens is 2. The standard InChI is InChI=1S/C13H11F3N4O4/c1-24-12-10(20(22)23)6-19(18-12)7-11(21)17-9-5-3-2-4-8(9)13(14,15)16/h2-6H,7H2,1H3,(H,17,21). The first kappa shape index (κ1) is 17.2. The maximum atomic E-state index is 12.9. The Kier molecular flexibility index (Phi) is 4.71. The summed E-state index contributed by atoms with van der Waals surface area (Å²) >= 11 is 0. The number of carbonyl (C=O) groups excluding carboxylic acids is 1. The quantitative estimate of drug-likeness (QED) is 0.663. The van der Waals surface area contributed by atoms with E-state index in [0.717, 1.165) is 23.0 Å². The third kappa shape index (κ3) is 3.80. The van der Waals surface area contributed by atoms with Crippen LogP contribution in [0.15, 0.2) is 30.5 Å². The molecule has 0 saturated carbocycles. The number of rotatable bonds is 5. The summed E-state index contributed by atoms with van der Waals surface area (Å²) in [6.45, 7) is -0.517. The van der Waals surface area contributed by atoms with Gasteiger partial charge in [0.2, 0.25) is 5.91 Å². The highest BCUT2D eigenvalue weighted by atomic mass is 19.4. The van der Waals surface area contributed by atoms with E-state index in [4.69, 9.17) is 4.74 Å². The fourth-order valence-electron chi connectivity index (χ4n) is 1.92. The van der Waals surface area contributed by atoms with Crippen LogP contribution in [0.25, 0.3) is 0 Å². The second-order valence-electron chi connectivity index (χ2n) is 4.57. The monoisotopic (exact) mass is 344 g/mol. The smallest absolute Gasteiger partial charge is 0.418 e. The molecule has 11 heteroatoms. The van der Waals surface area contributed by atoms with Gasteiger partial charge in [-0.1, -0.05) is 12.1 Å². The molecule has 2 rings (SSSR count). The van der Waals surface area contributed by atoms with Gasteiger partial charge in [0.1, 0.15) is 12.7 Å². The summed E-state index contributed by atoms with van der Waals surface area (Å²) in [4.78, 5) is 21.9. The molecule has 1 aromatic carbocycles. The third-order valence-corrected chi connectivity index (χ3v) is 2.91. The molecule has 1 N–H and O–H groups in total. The number of hydrogen-bond donors (Lipinski definition) is 1. The Morgan fingerprint density at radius 2 is 2.08 bits per heavy atom. The zero-order valence-electron chi connectivity index (χ0n) is 12.2. The van der Waals surface area contributed by atoms with Crippen molar-refractivity contribution in [1.82, 2.24) is 9.78 Å². The van der Waals surface area contributed by atoms with E-state index in [1.807, 2.05) is 0 Å². The van der Waals surface area contributed by atoms with E-state index in [1.165, 1.54) is 19.2 Å². The summed E-state index contributed by atoms with van der Waals surface area (Å²) < 4.78 is 44.2. The van der Waals surface area contributed by atoms with Crippen molar-refractivity contribution >= 4 is 17.3 Å². The van der Waals surface area contributed by atoms with Gasteiger partial charge in [-0.25, -0.2) is 0 Å². The van der Waals surface area contributed by atoms with Crippen LogP contribution in [0.1, 0.15) is 5.56 Å². The van der Waals surface area contributed by atoms with E-state index >= 15 is 0 Å². The predicted octanol–water partition coefficient (Wildman–Crippen LogP) is 2.46. The maximum Gasteiger partial charge on any atom is 0.418 e. The molecule has 1 amide bonds. The van der Waals surface area contributed by atoms with Crippen LogP contribution >= 0.6 is 0 Å². The molecule has 8 nitrogen and oxygen atoms in total. The van der Waals surface area contributed by atoms with Gasteiger partial charge in [-0.15, -0.1) is 5.10 Å². The molecule has 1 aromatic heterocycles. The second kappa shape index (κ2) is 6.56. The van der Waals surface area contributed by atoms with Gasteiger partial charge in [0.05, 0.1) is 23.3 Å². The first-order chi connectivity index (χ1) is 11.2. The second-order valence-corrected chi connectivity index (χ2v) is 4.57. The molecule has 0 spiro atoms. The number of methoxy groups -OCH3 is 1. The van der Waals surface area contributed by atoms with Gasteiger partial charge in [-0.3, -0.25) is 19.6 Å². The van der Waals surface area contributed by atoms with Crippen LogP contribution in [0.2, 0.25) is 0 Å². The molecular weight excluding hydrogens is 333 g/mol. The highest BCUT2D eigenvalue weighted by Crippen LogP contribution is 2.34. The molecule has 0 fully saturated rings. The van der Waals surface area contributed by atoms with Gasteiger partial charge in [-0.05, 0) is 12.1 Å². The molecule has 1 heterocycles. The maximum absolute atomic E-state index is 12.9. The Labute approximate surface area is 133 Å². The van der Waals surface area contributed by atoms with Crippen molar-refractivity contribution in [3.8, 4) is 5.88 Å². The minimum absolute atomic E-state index is 0.302. The molecule has 0 unspecified atom stereocenters. The topological polar surface area (TPSA) is 99.3 Å². The van der Waals surface area contributed by atoms with Crippen molar-refractivity contribution in [3.63, 3.8) is 0 Å². The van der Waals surface area contributed by atoms with Crippen molar-refractivity contribution < 1.29 is 27.6 Å². The summed E-state index contributed by atoms with van der Waals surface area (Å²) in [5, 5.41) is 16.6. The normalized spacial score (nSPS) is 11.2. The average molecular weight is 344 g/mol. The number of nitrogens with one attached hydrogen (secondary N) is 1. The fourth-order valence-corrected chi connectivity index (χ4v) is 1.92. The molecule has 0 aliphatic rings. The van der Waals surface area contributed by atoms with Crippen LogP contribution in [-0.4, -0.2) is 27.7 Å². The van der Waals surface area contributed by atoms with Crippen LogP contribution in [0.3, 0.4) is 0 Å². The lowest BCUT2D eigenvalue weighted by Crippen LogP contribution is -2.21. The minimum atomic E-state index is -4.63. The van der Waals surface area contributed by atoms with E-state index in [-0.39, 0.29) is 5.88 Å². The van der Waals surface area contributed by atoms with E-state index in [0.29, 0.717) is 0 Å². The first-order valence-electron chi connectivity index (χ1n) is 6.44. The van der Waals surface area contributed by atoms with E-state index in [1.54, 1.807) is 0 Å². The molecule has 0 bridgehead atoms. The van der Waals surface area contributed by atoms with Crippen LogP contribution in [0, 0.1) is 10.1 Å². The molecule has 0 atom stereocenters. The number of benzene rings is 1. The van der Waals surface area contributed by atoms with Crippen molar-refractivity contribution in [2.45, 2.75) is 12.7 Å². The highest BCUT2D eigenvalue weighted by molar-refractivity contribution is 5.91. The fraction of sp³-hybridized carbons (Fsp3) is 0.231. The molecule has 24 heavy (non-hydrogen) atoms. The predicted molar refractivity (Wildman–Crippen MR) is 75.5 cm³/mol. The van der Waals surface area contributed by atoms with Gasteiger partial charge in [0, 0.05) is 0 Å².